The van der Waals surface area contributed by atoms with Gasteiger partial charge in [-0.05, 0) is 31.1 Å². The summed E-state index contributed by atoms with van der Waals surface area (Å²) in [6.07, 6.45) is 2.79. The fourth-order valence-corrected chi connectivity index (χ4v) is 2.14. The van der Waals surface area contributed by atoms with Gasteiger partial charge in [-0.25, -0.2) is 4.79 Å². The Labute approximate surface area is 86.8 Å². The number of hydrogen-bond acceptors (Lipinski definition) is 2. The molecular weight excluding hydrogens is 188 g/mol. The smallest absolute Gasteiger partial charge is 0.343 e. The number of benzene rings is 1. The van der Waals surface area contributed by atoms with E-state index in [0.717, 1.165) is 22.9 Å². The number of fused-ring (bicyclic) bond motifs is 3. The zero-order chi connectivity index (χ0) is 10.4. The van der Waals surface area contributed by atoms with Gasteiger partial charge < -0.3 is 4.42 Å². The summed E-state index contributed by atoms with van der Waals surface area (Å²) < 4.78 is 5.25. The third-order valence-electron chi connectivity index (χ3n) is 2.81. The van der Waals surface area contributed by atoms with Crippen LogP contribution in [0.5, 0.6) is 0 Å². The van der Waals surface area contributed by atoms with Crippen molar-refractivity contribution in [1.82, 2.24) is 0 Å². The Bertz CT molecular complexity index is 633. The number of hydrogen-bond donors (Lipinski definition) is 0. The molecule has 0 amide bonds. The first-order chi connectivity index (χ1) is 7.25. The first-order valence-electron chi connectivity index (χ1n) is 4.97. The van der Waals surface area contributed by atoms with Crippen molar-refractivity contribution in [3.63, 3.8) is 0 Å². The van der Waals surface area contributed by atoms with Crippen LogP contribution in [0.1, 0.15) is 18.1 Å². The van der Waals surface area contributed by atoms with Crippen LogP contribution in [0.25, 0.3) is 17.0 Å². The maximum Gasteiger partial charge on any atom is 0.343 e. The lowest BCUT2D eigenvalue weighted by molar-refractivity contribution is 0.558. The molecule has 2 nitrogen and oxygen atoms in total. The van der Waals surface area contributed by atoms with Crippen molar-refractivity contribution in [3.05, 3.63) is 51.4 Å². The van der Waals surface area contributed by atoms with Gasteiger partial charge in [-0.2, -0.15) is 0 Å². The Kier molecular flexibility index (Phi) is 1.60. The van der Waals surface area contributed by atoms with Crippen LogP contribution in [-0.4, -0.2) is 0 Å². The summed E-state index contributed by atoms with van der Waals surface area (Å²) >= 11 is 0. The van der Waals surface area contributed by atoms with Crippen molar-refractivity contribution in [2.75, 3.05) is 0 Å². The molecule has 2 heteroatoms. The minimum Gasteiger partial charge on any atom is -0.422 e. The largest absolute Gasteiger partial charge is 0.422 e. The van der Waals surface area contributed by atoms with Gasteiger partial charge in [0.15, 0.2) is 0 Å². The molecule has 0 bridgehead atoms. The van der Waals surface area contributed by atoms with E-state index in [-0.39, 0.29) is 5.63 Å². The molecule has 2 aromatic rings. The van der Waals surface area contributed by atoms with E-state index in [1.54, 1.807) is 0 Å². The van der Waals surface area contributed by atoms with Crippen LogP contribution >= 0.6 is 0 Å². The van der Waals surface area contributed by atoms with Crippen LogP contribution < -0.4 is 5.63 Å². The third-order valence-corrected chi connectivity index (χ3v) is 2.81. The lowest BCUT2D eigenvalue weighted by Gasteiger charge is -2.02. The first kappa shape index (κ1) is 8.48. The zero-order valence-corrected chi connectivity index (χ0v) is 8.41. The Balaban J connectivity index is 2.48. The van der Waals surface area contributed by atoms with Gasteiger partial charge in [0.05, 0.1) is 5.56 Å². The molecule has 0 N–H and O–H groups in total. The predicted molar refractivity (Wildman–Crippen MR) is 59.8 cm³/mol. The maximum atomic E-state index is 11.7. The number of allylic oxidation sites excluding steroid dienone is 1. The molecule has 1 aliphatic rings. The van der Waals surface area contributed by atoms with E-state index in [1.807, 2.05) is 37.3 Å². The van der Waals surface area contributed by atoms with Crippen molar-refractivity contribution in [1.29, 1.82) is 0 Å². The van der Waals surface area contributed by atoms with Gasteiger partial charge in [-0.15, -0.1) is 0 Å². The van der Waals surface area contributed by atoms with Gasteiger partial charge in [0.25, 0.3) is 0 Å². The molecule has 0 radical (unpaired) electrons. The van der Waals surface area contributed by atoms with Crippen molar-refractivity contribution in [2.45, 2.75) is 13.3 Å². The molecule has 0 saturated heterocycles. The normalized spacial score (nSPS) is 14.1. The summed E-state index contributed by atoms with van der Waals surface area (Å²) in [6, 6.07) is 7.69. The highest BCUT2D eigenvalue weighted by atomic mass is 16.4. The number of rotatable bonds is 0. The second-order valence-electron chi connectivity index (χ2n) is 3.95. The monoisotopic (exact) mass is 198 g/mol. The summed E-state index contributed by atoms with van der Waals surface area (Å²) in [5.41, 5.74) is 3.52. The van der Waals surface area contributed by atoms with E-state index in [4.69, 9.17) is 4.42 Å². The van der Waals surface area contributed by atoms with E-state index in [0.29, 0.717) is 5.58 Å². The average molecular weight is 198 g/mol. The second kappa shape index (κ2) is 2.83. The Morgan fingerprint density at radius 1 is 1.27 bits per heavy atom. The van der Waals surface area contributed by atoms with E-state index >= 15 is 0 Å². The maximum absolute atomic E-state index is 11.7. The van der Waals surface area contributed by atoms with Crippen molar-refractivity contribution in [2.24, 2.45) is 0 Å². The molecule has 1 heterocycles. The summed E-state index contributed by atoms with van der Waals surface area (Å²) in [5, 5.41) is 1.06. The third kappa shape index (κ3) is 1.14. The zero-order valence-electron chi connectivity index (χ0n) is 8.41. The molecule has 0 unspecified atom stereocenters. The predicted octanol–water partition coefficient (Wildman–Crippen LogP) is 2.75. The quantitative estimate of drug-likeness (QED) is 0.609. The molecule has 1 aromatic carbocycles. The Hall–Kier alpha value is -1.83. The average Bonchev–Trinajstić information content (AvgIpc) is 2.61. The highest BCUT2D eigenvalue weighted by Crippen LogP contribution is 2.28. The van der Waals surface area contributed by atoms with Crippen LogP contribution in [0.3, 0.4) is 0 Å². The highest BCUT2D eigenvalue weighted by molar-refractivity contribution is 5.85. The summed E-state index contributed by atoms with van der Waals surface area (Å²) in [7, 11) is 0. The fourth-order valence-electron chi connectivity index (χ4n) is 2.14. The summed E-state index contributed by atoms with van der Waals surface area (Å²) in [6.45, 7) is 2.04. The highest BCUT2D eigenvalue weighted by Gasteiger charge is 2.17. The summed E-state index contributed by atoms with van der Waals surface area (Å²) in [5.74, 6) is 0. The van der Waals surface area contributed by atoms with Crippen LogP contribution in [0.4, 0.5) is 0 Å². The minimum atomic E-state index is -0.222. The Morgan fingerprint density at radius 2 is 2.07 bits per heavy atom. The molecule has 0 atom stereocenters. The first-order valence-corrected chi connectivity index (χ1v) is 4.97. The van der Waals surface area contributed by atoms with E-state index in [1.165, 1.54) is 5.57 Å². The minimum absolute atomic E-state index is 0.222. The lowest BCUT2D eigenvalue weighted by atomic mass is 10.1. The van der Waals surface area contributed by atoms with Crippen molar-refractivity contribution >= 4 is 17.0 Å². The second-order valence-corrected chi connectivity index (χ2v) is 3.95. The van der Waals surface area contributed by atoms with Crippen molar-refractivity contribution in [3.8, 4) is 0 Å². The Morgan fingerprint density at radius 3 is 2.93 bits per heavy atom. The van der Waals surface area contributed by atoms with Gasteiger partial charge in [-0.3, -0.25) is 0 Å². The fraction of sp³-hybridized carbons (Fsp3) is 0.154. The molecule has 0 saturated carbocycles. The molecule has 0 fully saturated rings. The topological polar surface area (TPSA) is 30.2 Å². The molecule has 1 aliphatic carbocycles. The molecule has 0 aliphatic heterocycles. The number of para-hydroxylation sites is 1. The van der Waals surface area contributed by atoms with E-state index < -0.39 is 0 Å². The van der Waals surface area contributed by atoms with Crippen LogP contribution in [0.2, 0.25) is 0 Å². The van der Waals surface area contributed by atoms with Gasteiger partial charge in [0.2, 0.25) is 0 Å². The van der Waals surface area contributed by atoms with Crippen molar-refractivity contribution < 1.29 is 4.42 Å². The van der Waals surface area contributed by atoms with Crippen LogP contribution in [0.15, 0.2) is 39.1 Å². The van der Waals surface area contributed by atoms with E-state index in [9.17, 15) is 4.79 Å². The van der Waals surface area contributed by atoms with Gasteiger partial charge >= 0.3 is 5.63 Å². The summed E-state index contributed by atoms with van der Waals surface area (Å²) in [4.78, 5) is 11.7. The molecule has 74 valence electrons. The van der Waals surface area contributed by atoms with Gasteiger partial charge in [-0.1, -0.05) is 23.8 Å². The lowest BCUT2D eigenvalue weighted by Crippen LogP contribution is -2.04. The van der Waals surface area contributed by atoms with Crippen LogP contribution in [0, 0.1) is 0 Å². The molecular formula is C13H10O2. The van der Waals surface area contributed by atoms with Crippen LogP contribution in [-0.2, 0) is 6.42 Å². The van der Waals surface area contributed by atoms with E-state index in [2.05, 4.69) is 0 Å². The molecule has 0 spiro atoms. The standard InChI is InChI=1S/C13H10O2/c1-8-6-10-9-4-2-3-5-12(9)15-13(14)11(10)7-8/h2-5,7H,6H2,1H3. The van der Waals surface area contributed by atoms with Gasteiger partial charge in [0.1, 0.15) is 5.58 Å². The molecule has 3 rings (SSSR count). The molecule has 15 heavy (non-hydrogen) atoms. The van der Waals surface area contributed by atoms with Gasteiger partial charge in [0, 0.05) is 5.39 Å². The SMILES string of the molecule is CC1=Cc2c(c3ccccc3oc2=O)C1. The molecule has 1 aromatic heterocycles.